The Morgan fingerprint density at radius 3 is 0.972 bits per heavy atom. The second-order valence-electron chi connectivity index (χ2n) is 19.7. The molecule has 2 unspecified atom stereocenters. The fourth-order valence-corrected chi connectivity index (χ4v) is 8.28. The van der Waals surface area contributed by atoms with Crippen LogP contribution in [0.2, 0.25) is 0 Å². The highest BCUT2D eigenvalue weighted by atomic mass is 16.3. The van der Waals surface area contributed by atoms with E-state index in [0.29, 0.717) is 6.42 Å². The number of nitrogens with one attached hydrogen (secondary N) is 1. The average molecular weight is 993 g/mol. The Hall–Kier alpha value is -3.73. The van der Waals surface area contributed by atoms with Crippen molar-refractivity contribution in [2.75, 3.05) is 6.61 Å². The molecule has 0 aromatic rings. The third-order valence-corrected chi connectivity index (χ3v) is 12.8. The van der Waals surface area contributed by atoms with Crippen LogP contribution in [0.1, 0.15) is 258 Å². The lowest BCUT2D eigenvalue weighted by Gasteiger charge is -2.19. The quantitative estimate of drug-likeness (QED) is 0.0420. The highest BCUT2D eigenvalue weighted by Gasteiger charge is 2.17. The topological polar surface area (TPSA) is 69.6 Å². The van der Waals surface area contributed by atoms with Gasteiger partial charge in [0.15, 0.2) is 0 Å². The minimum atomic E-state index is -0.893. The first-order chi connectivity index (χ1) is 35.7. The van der Waals surface area contributed by atoms with E-state index in [4.69, 9.17) is 0 Å². The maximum Gasteiger partial charge on any atom is 0.220 e. The van der Waals surface area contributed by atoms with Crippen LogP contribution in [-0.2, 0) is 4.79 Å². The summed E-state index contributed by atoms with van der Waals surface area (Å²) in [6.45, 7) is 4.17. The predicted octanol–water partition coefficient (Wildman–Crippen LogP) is 20.4. The molecular formula is C68H113NO3. The summed E-state index contributed by atoms with van der Waals surface area (Å²) in [5.74, 6) is -0.120. The van der Waals surface area contributed by atoms with Gasteiger partial charge in [0, 0.05) is 6.42 Å². The van der Waals surface area contributed by atoms with Crippen molar-refractivity contribution < 1.29 is 15.0 Å². The maximum absolute atomic E-state index is 12.5. The van der Waals surface area contributed by atoms with E-state index in [-0.39, 0.29) is 12.5 Å². The second kappa shape index (κ2) is 61.6. The van der Waals surface area contributed by atoms with E-state index < -0.39 is 12.1 Å². The Kier molecular flexibility index (Phi) is 58.4. The van der Waals surface area contributed by atoms with Crippen LogP contribution in [0.5, 0.6) is 0 Å². The van der Waals surface area contributed by atoms with Crippen molar-refractivity contribution in [3.63, 3.8) is 0 Å². The molecular weight excluding hydrogens is 879 g/mol. The lowest BCUT2D eigenvalue weighted by atomic mass is 10.0. The number of carbonyl (C=O) groups excluding carboxylic acids is 1. The monoisotopic (exact) mass is 992 g/mol. The van der Waals surface area contributed by atoms with Gasteiger partial charge in [-0.3, -0.25) is 4.79 Å². The molecule has 0 aliphatic rings. The molecule has 0 rings (SSSR count). The standard InChI is InChI=1S/C68H113NO3/c1-3-5-7-9-11-13-15-17-19-21-23-25-27-29-31-32-33-34-35-36-38-40-42-44-46-48-50-52-54-56-58-60-62-64-68(72)69-66(65-70)67(71)63-61-59-57-55-53-51-49-47-45-43-41-39-37-30-28-26-24-22-20-18-16-14-12-10-8-6-4-2/h5,7,11,13,17,19,23,25,29,31,33-34,36,38,42,44,48,50,53-56,61,63,66-67,70-71H,3-4,6,8-10,12,14-16,18,20-22,24,26-28,30,32,35,37,39-41,43,45-47,49,51-52,57-60,62,64-65H2,1-2H3,(H,69,72)/b7-5-,13-11-,19-17-,25-23-,31-29-,34-33-,38-36-,44-42-,50-48-,55-53+,56-54-,63-61+. The molecule has 0 bridgehead atoms. The maximum atomic E-state index is 12.5. The molecule has 3 N–H and O–H groups in total. The Morgan fingerprint density at radius 2 is 0.625 bits per heavy atom. The average Bonchev–Trinajstić information content (AvgIpc) is 3.39. The molecule has 4 heteroatoms. The molecule has 0 aliphatic carbocycles. The van der Waals surface area contributed by atoms with E-state index in [1.165, 1.54) is 135 Å². The molecule has 72 heavy (non-hydrogen) atoms. The molecule has 0 aromatic heterocycles. The SMILES string of the molecule is CC/C=C\C/C=C\C/C=C\C/C=C\C/C=C\C/C=C\C/C=C\C/C=C\C/C=C\C/C=C\CCCCC(=O)NC(CO)C(O)/C=C/CC/C=C/CCCCCCCCCCCCCCCCCCCCCCC. The number of aliphatic hydroxyl groups is 2. The van der Waals surface area contributed by atoms with Gasteiger partial charge in [-0.2, -0.15) is 0 Å². The largest absolute Gasteiger partial charge is 0.394 e. The fraction of sp³-hybridized carbons (Fsp3) is 0.632. The molecule has 0 heterocycles. The molecule has 2 atom stereocenters. The summed E-state index contributed by atoms with van der Waals surface area (Å²) in [6.07, 6.45) is 97.3. The third-order valence-electron chi connectivity index (χ3n) is 12.8. The number of aliphatic hydroxyl groups excluding tert-OH is 2. The van der Waals surface area contributed by atoms with Crippen LogP contribution in [0, 0.1) is 0 Å². The molecule has 0 spiro atoms. The van der Waals surface area contributed by atoms with Crippen molar-refractivity contribution in [3.05, 3.63) is 146 Å². The van der Waals surface area contributed by atoms with Gasteiger partial charge in [0.05, 0.1) is 18.8 Å². The van der Waals surface area contributed by atoms with E-state index in [9.17, 15) is 15.0 Å². The smallest absolute Gasteiger partial charge is 0.220 e. The molecule has 4 nitrogen and oxygen atoms in total. The van der Waals surface area contributed by atoms with E-state index in [2.05, 4.69) is 153 Å². The van der Waals surface area contributed by atoms with Crippen molar-refractivity contribution >= 4 is 5.91 Å². The molecule has 1 amide bonds. The predicted molar refractivity (Wildman–Crippen MR) is 321 cm³/mol. The highest BCUT2D eigenvalue weighted by molar-refractivity contribution is 5.76. The van der Waals surface area contributed by atoms with Crippen molar-refractivity contribution in [2.24, 2.45) is 0 Å². The van der Waals surface area contributed by atoms with Gasteiger partial charge in [-0.15, -0.1) is 0 Å². The van der Waals surface area contributed by atoms with Crippen LogP contribution in [0.15, 0.2) is 146 Å². The van der Waals surface area contributed by atoms with Crippen molar-refractivity contribution in [1.82, 2.24) is 5.32 Å². The Bertz CT molecular complexity index is 1500. The second-order valence-corrected chi connectivity index (χ2v) is 19.7. The molecule has 408 valence electrons. The molecule has 0 fully saturated rings. The van der Waals surface area contributed by atoms with Crippen LogP contribution in [-0.4, -0.2) is 34.9 Å². The zero-order valence-corrected chi connectivity index (χ0v) is 46.9. The van der Waals surface area contributed by atoms with Gasteiger partial charge < -0.3 is 15.5 Å². The summed E-state index contributed by atoms with van der Waals surface area (Å²) in [6, 6.07) is -0.676. The summed E-state index contributed by atoms with van der Waals surface area (Å²) < 4.78 is 0. The molecule has 0 radical (unpaired) electrons. The zero-order chi connectivity index (χ0) is 52.0. The summed E-state index contributed by atoms with van der Waals surface area (Å²) in [7, 11) is 0. The Morgan fingerprint density at radius 1 is 0.347 bits per heavy atom. The van der Waals surface area contributed by atoms with Gasteiger partial charge in [-0.05, 0) is 109 Å². The molecule has 0 saturated carbocycles. The molecule has 0 aromatic carbocycles. The van der Waals surface area contributed by atoms with Crippen LogP contribution in [0.3, 0.4) is 0 Å². The van der Waals surface area contributed by atoms with Crippen molar-refractivity contribution in [1.29, 1.82) is 0 Å². The van der Waals surface area contributed by atoms with Crippen LogP contribution in [0.25, 0.3) is 0 Å². The summed E-state index contributed by atoms with van der Waals surface area (Å²) >= 11 is 0. The lowest BCUT2D eigenvalue weighted by molar-refractivity contribution is -0.123. The number of unbranched alkanes of at least 4 members (excludes halogenated alkanes) is 24. The van der Waals surface area contributed by atoms with Gasteiger partial charge in [0.25, 0.3) is 0 Å². The van der Waals surface area contributed by atoms with Crippen LogP contribution >= 0.6 is 0 Å². The van der Waals surface area contributed by atoms with Gasteiger partial charge in [0.1, 0.15) is 0 Å². The van der Waals surface area contributed by atoms with E-state index in [1.807, 2.05) is 6.08 Å². The first-order valence-electron chi connectivity index (χ1n) is 30.0. The van der Waals surface area contributed by atoms with Crippen LogP contribution in [0.4, 0.5) is 0 Å². The van der Waals surface area contributed by atoms with E-state index in [0.717, 1.165) is 103 Å². The van der Waals surface area contributed by atoms with E-state index >= 15 is 0 Å². The first kappa shape index (κ1) is 68.3. The van der Waals surface area contributed by atoms with Gasteiger partial charge in [-0.1, -0.05) is 288 Å². The number of rotatable bonds is 53. The van der Waals surface area contributed by atoms with Gasteiger partial charge >= 0.3 is 0 Å². The van der Waals surface area contributed by atoms with Crippen molar-refractivity contribution in [3.8, 4) is 0 Å². The fourth-order valence-electron chi connectivity index (χ4n) is 8.28. The zero-order valence-electron chi connectivity index (χ0n) is 46.9. The highest BCUT2D eigenvalue weighted by Crippen LogP contribution is 2.16. The van der Waals surface area contributed by atoms with Crippen LogP contribution < -0.4 is 5.32 Å². The number of hydrogen-bond donors (Lipinski definition) is 3. The molecule has 0 saturated heterocycles. The third kappa shape index (κ3) is 57.2. The minimum Gasteiger partial charge on any atom is -0.394 e. The number of carbonyl (C=O) groups is 1. The Balaban J connectivity index is 3.70. The van der Waals surface area contributed by atoms with E-state index in [1.54, 1.807) is 6.08 Å². The van der Waals surface area contributed by atoms with Gasteiger partial charge in [-0.25, -0.2) is 0 Å². The minimum absolute atomic E-state index is 0.120. The Labute approximate surface area is 446 Å². The number of allylic oxidation sites excluding steroid dienone is 23. The number of amides is 1. The molecule has 0 aliphatic heterocycles. The van der Waals surface area contributed by atoms with Gasteiger partial charge in [0.2, 0.25) is 5.91 Å². The lowest BCUT2D eigenvalue weighted by Crippen LogP contribution is -2.45. The van der Waals surface area contributed by atoms with Crippen molar-refractivity contribution in [2.45, 2.75) is 270 Å². The summed E-state index contributed by atoms with van der Waals surface area (Å²) in [5, 5.41) is 23.1. The number of hydrogen-bond acceptors (Lipinski definition) is 3. The first-order valence-corrected chi connectivity index (χ1v) is 30.0. The normalized spacial score (nSPS) is 13.9. The summed E-state index contributed by atoms with van der Waals surface area (Å²) in [5.41, 5.74) is 0. The summed E-state index contributed by atoms with van der Waals surface area (Å²) in [4.78, 5) is 12.5.